The van der Waals surface area contributed by atoms with Gasteiger partial charge < -0.3 is 0 Å². The fourth-order valence-electron chi connectivity index (χ4n) is 0. The van der Waals surface area contributed by atoms with E-state index in [0.29, 0.717) is 0 Å². The highest BCUT2D eigenvalue weighted by atomic mass is 35.5. The average Bonchev–Trinajstić information content (AvgIpc) is 1.65. The number of thiol groups is 1. The first kappa shape index (κ1) is 22.4. The zero-order valence-corrected chi connectivity index (χ0v) is 8.43. The third-order valence-corrected chi connectivity index (χ3v) is 0.387. The maximum absolute atomic E-state index is 8.70. The standard InChI is InChI=1S/C3H6S.2ClH.H2O3P/c1-2-3-4;;;1-4(2)3/h2,4H,1,3H2;2*1H;(H2,1,2,3). The van der Waals surface area contributed by atoms with E-state index in [1.807, 2.05) is 0 Å². The van der Waals surface area contributed by atoms with Gasteiger partial charge in [0, 0.05) is 5.75 Å². The molecule has 0 atom stereocenters. The first-order chi connectivity index (χ1) is 3.65. The first-order valence-corrected chi connectivity index (χ1v) is 3.51. The van der Waals surface area contributed by atoms with Crippen LogP contribution in [0.3, 0.4) is 0 Å². The molecule has 0 fully saturated rings. The molecule has 7 heteroatoms. The van der Waals surface area contributed by atoms with Crippen LogP contribution in [0.4, 0.5) is 0 Å². The molecule has 0 amide bonds. The Labute approximate surface area is 78.7 Å². The van der Waals surface area contributed by atoms with Crippen LogP contribution in [-0.2, 0) is 4.57 Å². The normalized spacial score (nSPS) is 5.10. The van der Waals surface area contributed by atoms with Crippen molar-refractivity contribution in [3.05, 3.63) is 12.7 Å². The molecule has 0 heterocycles. The van der Waals surface area contributed by atoms with Crippen LogP contribution in [-0.4, -0.2) is 15.5 Å². The predicted molar refractivity (Wildman–Crippen MR) is 50.6 cm³/mol. The van der Waals surface area contributed by atoms with Crippen molar-refractivity contribution in [1.29, 1.82) is 0 Å². The lowest BCUT2D eigenvalue weighted by atomic mass is 10.8. The molecule has 3 nitrogen and oxygen atoms in total. The van der Waals surface area contributed by atoms with E-state index in [4.69, 9.17) is 14.4 Å². The summed E-state index contributed by atoms with van der Waals surface area (Å²) in [6.45, 7) is 3.40. The van der Waals surface area contributed by atoms with Crippen molar-refractivity contribution in [2.24, 2.45) is 0 Å². The van der Waals surface area contributed by atoms with E-state index < -0.39 is 8.25 Å². The summed E-state index contributed by atoms with van der Waals surface area (Å²) >= 11 is 3.80. The molecular weight excluding hydrogens is 218 g/mol. The second kappa shape index (κ2) is 22.6. The van der Waals surface area contributed by atoms with Gasteiger partial charge in [-0.05, 0) is 0 Å². The molecule has 2 N–H and O–H groups in total. The Kier molecular flexibility index (Phi) is 50.7. The Bertz CT molecular complexity index is 78.1. The summed E-state index contributed by atoms with van der Waals surface area (Å²) in [5.41, 5.74) is 0. The summed E-state index contributed by atoms with van der Waals surface area (Å²) in [5.74, 6) is 0.778. The molecule has 0 saturated heterocycles. The smallest absolute Gasteiger partial charge is 0.298 e. The lowest BCUT2D eigenvalue weighted by Gasteiger charge is -1.57. The number of halogens is 2. The van der Waals surface area contributed by atoms with E-state index in [2.05, 4.69) is 19.2 Å². The molecule has 0 aliphatic carbocycles. The lowest BCUT2D eigenvalue weighted by molar-refractivity contribution is 0.405. The topological polar surface area (TPSA) is 57.5 Å². The molecule has 0 aromatic rings. The highest BCUT2D eigenvalue weighted by Crippen LogP contribution is 1.98. The van der Waals surface area contributed by atoms with Gasteiger partial charge in [-0.15, -0.1) is 31.4 Å². The summed E-state index contributed by atoms with van der Waals surface area (Å²) in [7, 11) is -2.87. The molecule has 0 saturated carbocycles. The van der Waals surface area contributed by atoms with Crippen LogP contribution >= 0.6 is 45.7 Å². The van der Waals surface area contributed by atoms with Crippen molar-refractivity contribution in [1.82, 2.24) is 0 Å². The van der Waals surface area contributed by atoms with Gasteiger partial charge >= 0.3 is 8.25 Å². The fraction of sp³-hybridized carbons (Fsp3) is 0.333. The number of hydrogen-bond donors (Lipinski definition) is 3. The maximum Gasteiger partial charge on any atom is 0.363 e. The van der Waals surface area contributed by atoms with Crippen LogP contribution < -0.4 is 0 Å². The van der Waals surface area contributed by atoms with E-state index in [0.717, 1.165) is 5.75 Å². The monoisotopic (exact) mass is 227 g/mol. The molecule has 65 valence electrons. The van der Waals surface area contributed by atoms with E-state index >= 15 is 0 Å². The van der Waals surface area contributed by atoms with E-state index in [-0.39, 0.29) is 24.8 Å². The second-order valence-electron chi connectivity index (χ2n) is 0.724. The van der Waals surface area contributed by atoms with Gasteiger partial charge in [-0.1, -0.05) is 6.08 Å². The molecule has 0 aliphatic rings. The Balaban J connectivity index is -0.0000000300. The maximum atomic E-state index is 8.70. The second-order valence-corrected chi connectivity index (χ2v) is 1.59. The van der Waals surface area contributed by atoms with Gasteiger partial charge in [0.15, 0.2) is 0 Å². The average molecular weight is 228 g/mol. The predicted octanol–water partition coefficient (Wildman–Crippen LogP) is 1.57. The molecule has 0 spiro atoms. The van der Waals surface area contributed by atoms with Crippen molar-refractivity contribution < 1.29 is 14.4 Å². The van der Waals surface area contributed by atoms with Gasteiger partial charge in [-0.2, -0.15) is 12.6 Å². The fourth-order valence-corrected chi connectivity index (χ4v) is 0. The minimum atomic E-state index is -2.87. The van der Waals surface area contributed by atoms with Gasteiger partial charge in [0.2, 0.25) is 0 Å². The van der Waals surface area contributed by atoms with Gasteiger partial charge in [0.25, 0.3) is 0 Å². The van der Waals surface area contributed by atoms with Gasteiger partial charge in [-0.25, -0.2) is 4.57 Å². The van der Waals surface area contributed by atoms with Crippen molar-refractivity contribution in [3.8, 4) is 0 Å². The van der Waals surface area contributed by atoms with Crippen molar-refractivity contribution in [3.63, 3.8) is 0 Å². The SMILES string of the molecule is C=CCS.Cl.Cl.O=[P](O)O. The Morgan fingerprint density at radius 3 is 1.60 bits per heavy atom. The molecular formula is C3H10Cl2O3PS. The molecule has 0 aromatic carbocycles. The minimum Gasteiger partial charge on any atom is -0.298 e. The Hall–Kier alpha value is 0.690. The van der Waals surface area contributed by atoms with Crippen LogP contribution in [0.15, 0.2) is 12.7 Å². The molecule has 1 radical (unpaired) electrons. The van der Waals surface area contributed by atoms with Crippen molar-refractivity contribution in [2.75, 3.05) is 5.75 Å². The first-order valence-electron chi connectivity index (χ1n) is 1.72. The summed E-state index contributed by atoms with van der Waals surface area (Å²) in [6.07, 6.45) is 1.74. The summed E-state index contributed by atoms with van der Waals surface area (Å²) in [4.78, 5) is 14.2. The van der Waals surface area contributed by atoms with Crippen molar-refractivity contribution >= 4 is 45.7 Å². The number of hydrogen-bond acceptors (Lipinski definition) is 2. The molecule has 10 heavy (non-hydrogen) atoms. The number of rotatable bonds is 1. The highest BCUT2D eigenvalue weighted by Gasteiger charge is 1.65. The van der Waals surface area contributed by atoms with Gasteiger partial charge in [0.1, 0.15) is 0 Å². The van der Waals surface area contributed by atoms with Crippen molar-refractivity contribution in [2.45, 2.75) is 0 Å². The minimum absolute atomic E-state index is 0. The summed E-state index contributed by atoms with van der Waals surface area (Å²) in [6, 6.07) is 0. The van der Waals surface area contributed by atoms with Crippen LogP contribution in [0, 0.1) is 0 Å². The van der Waals surface area contributed by atoms with E-state index in [9.17, 15) is 0 Å². The zero-order valence-electron chi connectivity index (χ0n) is 5.01. The zero-order chi connectivity index (χ0) is 6.99. The molecule has 0 bridgehead atoms. The third-order valence-electron chi connectivity index (χ3n) is 0.129. The molecule has 0 unspecified atom stereocenters. The molecule has 0 aliphatic heterocycles. The third kappa shape index (κ3) is 180. The Morgan fingerprint density at radius 2 is 1.60 bits per heavy atom. The van der Waals surface area contributed by atoms with Crippen LogP contribution in [0.2, 0.25) is 0 Å². The van der Waals surface area contributed by atoms with Crippen LogP contribution in [0.5, 0.6) is 0 Å². The van der Waals surface area contributed by atoms with E-state index in [1.165, 1.54) is 0 Å². The largest absolute Gasteiger partial charge is 0.363 e. The summed E-state index contributed by atoms with van der Waals surface area (Å²) < 4.78 is 8.70. The van der Waals surface area contributed by atoms with Gasteiger partial charge in [-0.3, -0.25) is 9.79 Å². The van der Waals surface area contributed by atoms with Gasteiger partial charge in [0.05, 0.1) is 0 Å². The van der Waals surface area contributed by atoms with E-state index in [1.54, 1.807) is 6.08 Å². The quantitative estimate of drug-likeness (QED) is 0.362. The van der Waals surface area contributed by atoms with Crippen LogP contribution in [0.1, 0.15) is 0 Å². The summed E-state index contributed by atoms with van der Waals surface area (Å²) in [5, 5.41) is 0. The molecule has 0 aromatic heterocycles. The highest BCUT2D eigenvalue weighted by molar-refractivity contribution is 7.80. The Morgan fingerprint density at radius 1 is 1.50 bits per heavy atom. The lowest BCUT2D eigenvalue weighted by Crippen LogP contribution is -1.45. The molecule has 0 rings (SSSR count). The van der Waals surface area contributed by atoms with Crippen LogP contribution in [0.25, 0.3) is 0 Å².